The standard InChI is InChI=1S/C18H21FN2O2/c1-4-5-6-15-11(2)12(3)20-18(23)16(15)21-17(22)13-7-9-14(19)10-8-13/h7-10H,4-6H2,1-3H3,(H,20,23)(H,21,22). The van der Waals surface area contributed by atoms with Crippen molar-refractivity contribution in [3.05, 3.63) is 62.8 Å². The number of hydrogen-bond donors (Lipinski definition) is 2. The van der Waals surface area contributed by atoms with Crippen molar-refractivity contribution in [3.63, 3.8) is 0 Å². The molecule has 0 unspecified atom stereocenters. The van der Waals surface area contributed by atoms with Crippen molar-refractivity contribution in [1.82, 2.24) is 4.98 Å². The van der Waals surface area contributed by atoms with E-state index in [-0.39, 0.29) is 11.2 Å². The number of aromatic nitrogens is 1. The van der Waals surface area contributed by atoms with Crippen LogP contribution in [-0.4, -0.2) is 10.9 Å². The molecule has 1 aromatic heterocycles. The van der Waals surface area contributed by atoms with E-state index >= 15 is 0 Å². The minimum absolute atomic E-state index is 0.288. The van der Waals surface area contributed by atoms with Gasteiger partial charge < -0.3 is 10.3 Å². The van der Waals surface area contributed by atoms with Crippen molar-refractivity contribution < 1.29 is 9.18 Å². The summed E-state index contributed by atoms with van der Waals surface area (Å²) in [7, 11) is 0. The van der Waals surface area contributed by atoms with Crippen LogP contribution < -0.4 is 10.9 Å². The van der Waals surface area contributed by atoms with Gasteiger partial charge in [0.05, 0.1) is 0 Å². The zero-order valence-electron chi connectivity index (χ0n) is 13.6. The van der Waals surface area contributed by atoms with Crippen LogP contribution in [0, 0.1) is 19.7 Å². The molecule has 1 amide bonds. The Kier molecular flexibility index (Phi) is 5.32. The van der Waals surface area contributed by atoms with Crippen LogP contribution >= 0.6 is 0 Å². The van der Waals surface area contributed by atoms with Gasteiger partial charge in [0.2, 0.25) is 0 Å². The topological polar surface area (TPSA) is 62.0 Å². The third-order valence-corrected chi connectivity index (χ3v) is 3.97. The van der Waals surface area contributed by atoms with Crippen molar-refractivity contribution in [1.29, 1.82) is 0 Å². The zero-order valence-corrected chi connectivity index (χ0v) is 13.6. The number of pyridine rings is 1. The number of carbonyl (C=O) groups is 1. The number of carbonyl (C=O) groups excluding carboxylic acids is 1. The number of anilines is 1. The largest absolute Gasteiger partial charge is 0.324 e. The summed E-state index contributed by atoms with van der Waals surface area (Å²) in [6.45, 7) is 5.85. The maximum absolute atomic E-state index is 13.0. The Hall–Kier alpha value is -2.43. The van der Waals surface area contributed by atoms with Crippen LogP contribution in [0.3, 0.4) is 0 Å². The summed E-state index contributed by atoms with van der Waals surface area (Å²) in [6, 6.07) is 5.23. The zero-order chi connectivity index (χ0) is 17.0. The van der Waals surface area contributed by atoms with Crippen LogP contribution in [0.15, 0.2) is 29.1 Å². The van der Waals surface area contributed by atoms with Crippen LogP contribution in [0.5, 0.6) is 0 Å². The number of halogens is 1. The molecule has 23 heavy (non-hydrogen) atoms. The summed E-state index contributed by atoms with van der Waals surface area (Å²) in [4.78, 5) is 27.3. The van der Waals surface area contributed by atoms with Crippen LogP contribution in [0.1, 0.15) is 46.9 Å². The normalized spacial score (nSPS) is 10.6. The lowest BCUT2D eigenvalue weighted by Crippen LogP contribution is -2.23. The molecular weight excluding hydrogens is 295 g/mol. The number of amides is 1. The fourth-order valence-corrected chi connectivity index (χ4v) is 2.46. The molecule has 2 aromatic rings. The lowest BCUT2D eigenvalue weighted by Gasteiger charge is -2.15. The predicted octanol–water partition coefficient (Wildman–Crippen LogP) is 3.73. The predicted molar refractivity (Wildman–Crippen MR) is 89.5 cm³/mol. The quantitative estimate of drug-likeness (QED) is 0.883. The van der Waals surface area contributed by atoms with Crippen molar-refractivity contribution in [2.45, 2.75) is 40.0 Å². The molecular formula is C18H21FN2O2. The molecule has 1 heterocycles. The number of aromatic amines is 1. The molecule has 0 fully saturated rings. The monoisotopic (exact) mass is 316 g/mol. The van der Waals surface area contributed by atoms with Crippen molar-refractivity contribution >= 4 is 11.6 Å². The third kappa shape index (κ3) is 3.86. The first-order chi connectivity index (χ1) is 10.9. The van der Waals surface area contributed by atoms with E-state index < -0.39 is 11.7 Å². The number of aryl methyl sites for hydroxylation is 1. The van der Waals surface area contributed by atoms with Crippen molar-refractivity contribution in [3.8, 4) is 0 Å². The first-order valence-electron chi connectivity index (χ1n) is 7.73. The average molecular weight is 316 g/mol. The highest BCUT2D eigenvalue weighted by atomic mass is 19.1. The molecule has 2 N–H and O–H groups in total. The molecule has 2 rings (SSSR count). The molecule has 0 atom stereocenters. The second-order valence-electron chi connectivity index (χ2n) is 5.62. The molecule has 0 aliphatic carbocycles. The summed E-state index contributed by atoms with van der Waals surface area (Å²) in [6.07, 6.45) is 2.66. The van der Waals surface area contributed by atoms with Crippen molar-refractivity contribution in [2.75, 3.05) is 5.32 Å². The summed E-state index contributed by atoms with van der Waals surface area (Å²) in [5, 5.41) is 2.69. The Balaban J connectivity index is 2.38. The molecule has 5 heteroatoms. The van der Waals surface area contributed by atoms with E-state index in [0.717, 1.165) is 36.1 Å². The highest BCUT2D eigenvalue weighted by Crippen LogP contribution is 2.20. The maximum atomic E-state index is 13.0. The highest BCUT2D eigenvalue weighted by Gasteiger charge is 2.16. The average Bonchev–Trinajstić information content (AvgIpc) is 2.52. The maximum Gasteiger partial charge on any atom is 0.272 e. The smallest absolute Gasteiger partial charge is 0.272 e. The van der Waals surface area contributed by atoms with E-state index in [1.165, 1.54) is 24.3 Å². The van der Waals surface area contributed by atoms with E-state index in [2.05, 4.69) is 17.2 Å². The van der Waals surface area contributed by atoms with E-state index in [4.69, 9.17) is 0 Å². The van der Waals surface area contributed by atoms with Crippen LogP contribution in [0.4, 0.5) is 10.1 Å². The molecule has 0 radical (unpaired) electrons. The molecule has 4 nitrogen and oxygen atoms in total. The summed E-state index contributed by atoms with van der Waals surface area (Å²) in [5.74, 6) is -0.828. The number of unbranched alkanes of at least 4 members (excludes halogenated alkanes) is 1. The molecule has 0 spiro atoms. The molecule has 1 aromatic carbocycles. The lowest BCUT2D eigenvalue weighted by molar-refractivity contribution is 0.102. The van der Waals surface area contributed by atoms with Gasteiger partial charge in [0, 0.05) is 11.3 Å². The summed E-state index contributed by atoms with van der Waals surface area (Å²) in [5.41, 5.74) is 2.94. The lowest BCUT2D eigenvalue weighted by atomic mass is 10.0. The fraction of sp³-hybridized carbons (Fsp3) is 0.333. The fourth-order valence-electron chi connectivity index (χ4n) is 2.46. The van der Waals surface area contributed by atoms with Gasteiger partial charge in [0.25, 0.3) is 11.5 Å². The molecule has 0 saturated heterocycles. The van der Waals surface area contributed by atoms with E-state index in [0.29, 0.717) is 5.56 Å². The molecule has 0 aliphatic heterocycles. The van der Waals surface area contributed by atoms with Gasteiger partial charge in [0.15, 0.2) is 0 Å². The first-order valence-corrected chi connectivity index (χ1v) is 7.73. The van der Waals surface area contributed by atoms with Crippen molar-refractivity contribution in [2.24, 2.45) is 0 Å². The van der Waals surface area contributed by atoms with Gasteiger partial charge >= 0.3 is 0 Å². The molecule has 0 aliphatic rings. The number of benzene rings is 1. The first kappa shape index (κ1) is 16.9. The minimum Gasteiger partial charge on any atom is -0.324 e. The Morgan fingerprint density at radius 2 is 1.87 bits per heavy atom. The third-order valence-electron chi connectivity index (χ3n) is 3.97. The van der Waals surface area contributed by atoms with E-state index in [1.807, 2.05) is 13.8 Å². The van der Waals surface area contributed by atoms with Gasteiger partial charge in [-0.15, -0.1) is 0 Å². The minimum atomic E-state index is -0.420. The van der Waals surface area contributed by atoms with Gasteiger partial charge in [-0.25, -0.2) is 4.39 Å². The number of H-pyrrole nitrogens is 1. The van der Waals surface area contributed by atoms with Gasteiger partial charge in [-0.1, -0.05) is 13.3 Å². The van der Waals surface area contributed by atoms with Crippen LogP contribution in [0.2, 0.25) is 0 Å². The second kappa shape index (κ2) is 7.22. The Morgan fingerprint density at radius 3 is 2.48 bits per heavy atom. The number of nitrogens with one attached hydrogen (secondary N) is 2. The van der Waals surface area contributed by atoms with E-state index in [9.17, 15) is 14.0 Å². The van der Waals surface area contributed by atoms with Gasteiger partial charge in [-0.05, 0) is 62.1 Å². The second-order valence-corrected chi connectivity index (χ2v) is 5.62. The van der Waals surface area contributed by atoms with Crippen LogP contribution in [-0.2, 0) is 6.42 Å². The Labute approximate surface area is 134 Å². The van der Waals surface area contributed by atoms with Gasteiger partial charge in [-0.3, -0.25) is 9.59 Å². The Bertz CT molecular complexity index is 764. The van der Waals surface area contributed by atoms with Gasteiger partial charge in [0.1, 0.15) is 11.5 Å². The van der Waals surface area contributed by atoms with E-state index in [1.54, 1.807) is 0 Å². The number of hydrogen-bond acceptors (Lipinski definition) is 2. The Morgan fingerprint density at radius 1 is 1.22 bits per heavy atom. The highest BCUT2D eigenvalue weighted by molar-refractivity contribution is 6.04. The summed E-state index contributed by atoms with van der Waals surface area (Å²) >= 11 is 0. The molecule has 0 bridgehead atoms. The van der Waals surface area contributed by atoms with Crippen LogP contribution in [0.25, 0.3) is 0 Å². The summed E-state index contributed by atoms with van der Waals surface area (Å²) < 4.78 is 13.0. The molecule has 0 saturated carbocycles. The molecule has 122 valence electrons. The number of rotatable bonds is 5. The van der Waals surface area contributed by atoms with Gasteiger partial charge in [-0.2, -0.15) is 0 Å². The SMILES string of the molecule is CCCCc1c(C)c(C)[nH]c(=O)c1NC(=O)c1ccc(F)cc1.